The molecule has 0 amide bonds. The number of carbonyl (C=O) groups is 1. The van der Waals surface area contributed by atoms with Gasteiger partial charge in [0.2, 0.25) is 5.88 Å². The van der Waals surface area contributed by atoms with E-state index >= 15 is 0 Å². The molecule has 0 aromatic carbocycles. The highest BCUT2D eigenvalue weighted by Crippen LogP contribution is 2.21. The Morgan fingerprint density at radius 3 is 3.07 bits per heavy atom. The third-order valence-electron chi connectivity index (χ3n) is 1.69. The number of carboxylic acid groups (broad SMARTS) is 1. The van der Waals surface area contributed by atoms with Gasteiger partial charge in [-0.3, -0.25) is 4.79 Å². The molecule has 14 heavy (non-hydrogen) atoms. The predicted octanol–water partition coefficient (Wildman–Crippen LogP) is -0.0403. The molecule has 0 aliphatic rings. The summed E-state index contributed by atoms with van der Waals surface area (Å²) in [7, 11) is 1.44. The lowest BCUT2D eigenvalue weighted by molar-refractivity contribution is -0.137. The topological polar surface area (TPSA) is 98.3 Å². The average Bonchev–Trinajstić information content (AvgIpc) is 2.16. The van der Waals surface area contributed by atoms with Gasteiger partial charge >= 0.3 is 5.97 Å². The van der Waals surface area contributed by atoms with E-state index in [-0.39, 0.29) is 6.42 Å². The maximum atomic E-state index is 10.4. The molecule has 0 radical (unpaired) electrons. The molecular formula is C8H11N3O3. The second-order valence-corrected chi connectivity index (χ2v) is 2.69. The molecule has 0 aliphatic carbocycles. The zero-order valence-electron chi connectivity index (χ0n) is 7.67. The summed E-state index contributed by atoms with van der Waals surface area (Å²) in [5, 5.41) is 8.55. The average molecular weight is 197 g/mol. The van der Waals surface area contributed by atoms with Crippen molar-refractivity contribution < 1.29 is 14.6 Å². The van der Waals surface area contributed by atoms with Crippen LogP contribution in [-0.4, -0.2) is 28.2 Å². The number of hydrogen-bond donors (Lipinski definition) is 2. The van der Waals surface area contributed by atoms with E-state index in [2.05, 4.69) is 9.97 Å². The maximum absolute atomic E-state index is 10.4. The molecule has 0 saturated carbocycles. The van der Waals surface area contributed by atoms with E-state index in [1.807, 2.05) is 0 Å². The van der Waals surface area contributed by atoms with E-state index in [4.69, 9.17) is 15.6 Å². The van der Waals surface area contributed by atoms with Crippen molar-refractivity contribution in [3.05, 3.63) is 18.1 Å². The van der Waals surface area contributed by atoms with Crippen molar-refractivity contribution in [2.75, 3.05) is 7.11 Å². The molecule has 6 heteroatoms. The van der Waals surface area contributed by atoms with E-state index < -0.39 is 12.0 Å². The van der Waals surface area contributed by atoms with Gasteiger partial charge in [0, 0.05) is 17.8 Å². The van der Waals surface area contributed by atoms with Crippen molar-refractivity contribution >= 4 is 5.97 Å². The summed E-state index contributed by atoms with van der Waals surface area (Å²) < 4.78 is 4.92. The van der Waals surface area contributed by atoms with Gasteiger partial charge in [0.25, 0.3) is 0 Å². The van der Waals surface area contributed by atoms with Gasteiger partial charge in [0.15, 0.2) is 0 Å². The predicted molar refractivity (Wildman–Crippen MR) is 47.8 cm³/mol. The number of nitrogens with zero attached hydrogens (tertiary/aromatic N) is 2. The van der Waals surface area contributed by atoms with Gasteiger partial charge in [-0.15, -0.1) is 0 Å². The molecule has 1 rings (SSSR count). The number of hydrogen-bond acceptors (Lipinski definition) is 5. The Labute approximate surface area is 80.7 Å². The van der Waals surface area contributed by atoms with Crippen molar-refractivity contribution in [1.82, 2.24) is 9.97 Å². The van der Waals surface area contributed by atoms with E-state index in [1.165, 1.54) is 19.6 Å². The number of nitrogens with two attached hydrogens (primary N) is 1. The van der Waals surface area contributed by atoms with Crippen molar-refractivity contribution in [2.45, 2.75) is 12.5 Å². The monoisotopic (exact) mass is 197 g/mol. The molecule has 3 N–H and O–H groups in total. The summed E-state index contributed by atoms with van der Waals surface area (Å²) in [6.07, 6.45) is 2.60. The summed E-state index contributed by atoms with van der Waals surface area (Å²) >= 11 is 0. The summed E-state index contributed by atoms with van der Waals surface area (Å²) in [5.74, 6) is -0.655. The number of aliphatic carboxylic acids is 1. The van der Waals surface area contributed by atoms with Gasteiger partial charge in [-0.05, 0) is 0 Å². The van der Waals surface area contributed by atoms with Crippen molar-refractivity contribution in [3.8, 4) is 5.88 Å². The van der Waals surface area contributed by atoms with E-state index in [9.17, 15) is 4.79 Å². The molecule has 0 spiro atoms. The number of rotatable bonds is 4. The number of carboxylic acids is 1. The van der Waals surface area contributed by atoms with Crippen LogP contribution in [0.1, 0.15) is 18.0 Å². The van der Waals surface area contributed by atoms with Crippen LogP contribution < -0.4 is 10.5 Å². The molecule has 76 valence electrons. The minimum absolute atomic E-state index is 0.177. The summed E-state index contributed by atoms with van der Waals surface area (Å²) in [5.41, 5.74) is 6.13. The van der Waals surface area contributed by atoms with Gasteiger partial charge < -0.3 is 15.6 Å². The third-order valence-corrected chi connectivity index (χ3v) is 1.69. The van der Waals surface area contributed by atoms with Gasteiger partial charge in [0.05, 0.1) is 13.5 Å². The van der Waals surface area contributed by atoms with E-state index in [1.54, 1.807) is 0 Å². The SMILES string of the molecule is COc1ncncc1C(N)CC(=O)O. The van der Waals surface area contributed by atoms with Gasteiger partial charge in [0.1, 0.15) is 6.33 Å². The van der Waals surface area contributed by atoms with Crippen LogP contribution in [0.5, 0.6) is 5.88 Å². The van der Waals surface area contributed by atoms with Crippen molar-refractivity contribution in [3.63, 3.8) is 0 Å². The molecule has 1 aromatic rings. The Kier molecular flexibility index (Phi) is 3.35. The Morgan fingerprint density at radius 1 is 1.79 bits per heavy atom. The van der Waals surface area contributed by atoms with Crippen LogP contribution in [0.2, 0.25) is 0 Å². The fourth-order valence-corrected chi connectivity index (χ4v) is 1.05. The third kappa shape index (κ3) is 2.40. The molecule has 0 aliphatic heterocycles. The molecule has 0 fully saturated rings. The van der Waals surface area contributed by atoms with Gasteiger partial charge in [-0.25, -0.2) is 9.97 Å². The maximum Gasteiger partial charge on any atom is 0.305 e. The first kappa shape index (κ1) is 10.4. The first-order valence-electron chi connectivity index (χ1n) is 3.96. The molecular weight excluding hydrogens is 186 g/mol. The highest BCUT2D eigenvalue weighted by molar-refractivity contribution is 5.68. The second-order valence-electron chi connectivity index (χ2n) is 2.69. The first-order chi connectivity index (χ1) is 6.65. The van der Waals surface area contributed by atoms with Crippen LogP contribution >= 0.6 is 0 Å². The highest BCUT2D eigenvalue weighted by Gasteiger charge is 2.15. The molecule has 0 saturated heterocycles. The van der Waals surface area contributed by atoms with E-state index in [0.29, 0.717) is 11.4 Å². The molecule has 1 aromatic heterocycles. The van der Waals surface area contributed by atoms with Gasteiger partial charge in [-0.2, -0.15) is 0 Å². The fraction of sp³-hybridized carbons (Fsp3) is 0.375. The Balaban J connectivity index is 2.87. The first-order valence-corrected chi connectivity index (χ1v) is 3.96. The minimum atomic E-state index is -0.969. The van der Waals surface area contributed by atoms with Crippen molar-refractivity contribution in [2.24, 2.45) is 5.73 Å². The standard InChI is InChI=1S/C8H11N3O3/c1-14-8-5(3-10-4-11-8)6(9)2-7(12)13/h3-4,6H,2,9H2,1H3,(H,12,13). The van der Waals surface area contributed by atoms with Crippen LogP contribution in [0.25, 0.3) is 0 Å². The summed E-state index contributed by atoms with van der Waals surface area (Å²) in [4.78, 5) is 18.0. The number of aromatic nitrogens is 2. The van der Waals surface area contributed by atoms with Crippen LogP contribution in [0.3, 0.4) is 0 Å². The summed E-state index contributed by atoms with van der Waals surface area (Å²) in [6, 6.07) is -0.649. The molecule has 1 heterocycles. The summed E-state index contributed by atoms with van der Waals surface area (Å²) in [6.45, 7) is 0. The number of methoxy groups -OCH3 is 1. The van der Waals surface area contributed by atoms with E-state index in [0.717, 1.165) is 0 Å². The molecule has 6 nitrogen and oxygen atoms in total. The Hall–Kier alpha value is -1.69. The van der Waals surface area contributed by atoms with Crippen molar-refractivity contribution in [1.29, 1.82) is 0 Å². The molecule has 1 unspecified atom stereocenters. The van der Waals surface area contributed by atoms with Crippen LogP contribution in [0, 0.1) is 0 Å². The minimum Gasteiger partial charge on any atom is -0.481 e. The number of ether oxygens (including phenoxy) is 1. The lowest BCUT2D eigenvalue weighted by Gasteiger charge is -2.11. The Morgan fingerprint density at radius 2 is 2.50 bits per heavy atom. The zero-order valence-corrected chi connectivity index (χ0v) is 7.67. The fourth-order valence-electron chi connectivity index (χ4n) is 1.05. The quantitative estimate of drug-likeness (QED) is 0.702. The van der Waals surface area contributed by atoms with Gasteiger partial charge in [-0.1, -0.05) is 0 Å². The lowest BCUT2D eigenvalue weighted by atomic mass is 10.1. The molecule has 1 atom stereocenters. The normalized spacial score (nSPS) is 12.1. The second kappa shape index (κ2) is 4.52. The zero-order chi connectivity index (χ0) is 10.6. The lowest BCUT2D eigenvalue weighted by Crippen LogP contribution is -2.16. The molecule has 0 bridgehead atoms. The smallest absolute Gasteiger partial charge is 0.305 e. The largest absolute Gasteiger partial charge is 0.481 e. The van der Waals surface area contributed by atoms with Crippen LogP contribution in [0.15, 0.2) is 12.5 Å². The Bertz CT molecular complexity index is 329. The van der Waals surface area contributed by atoms with Crippen LogP contribution in [0.4, 0.5) is 0 Å². The highest BCUT2D eigenvalue weighted by atomic mass is 16.5. The van der Waals surface area contributed by atoms with Crippen LogP contribution in [-0.2, 0) is 4.79 Å².